The number of rotatable bonds is 5. The quantitative estimate of drug-likeness (QED) is 0.513. The third-order valence-electron chi connectivity index (χ3n) is 1.98. The molecule has 0 saturated heterocycles. The zero-order valence-corrected chi connectivity index (χ0v) is 10.6. The second kappa shape index (κ2) is 6.12. The fourth-order valence-electron chi connectivity index (χ4n) is 1.27. The minimum absolute atomic E-state index is 0.0726. The minimum atomic E-state index is -1.07. The van der Waals surface area contributed by atoms with Crippen LogP contribution in [0.4, 0.5) is 0 Å². The number of hydrogen-bond donors (Lipinski definition) is 1. The molecule has 1 aromatic carbocycles. The molecule has 17 heavy (non-hydrogen) atoms. The zero-order chi connectivity index (χ0) is 12.8. The van der Waals surface area contributed by atoms with Gasteiger partial charge >= 0.3 is 5.97 Å². The Morgan fingerprint density at radius 1 is 1.65 bits per heavy atom. The van der Waals surface area contributed by atoms with Gasteiger partial charge in [0, 0.05) is 9.38 Å². The Balaban J connectivity index is 3.23. The summed E-state index contributed by atoms with van der Waals surface area (Å²) < 4.78 is 5.81. The number of hydrogen-bond acceptors (Lipinski definition) is 3. The molecular formula is C10H10BrN3O3. The number of halogens is 1. The lowest BCUT2D eigenvalue weighted by Gasteiger charge is -2.10. The van der Waals surface area contributed by atoms with E-state index in [4.69, 9.17) is 15.4 Å². The number of carboxylic acids is 1. The topological polar surface area (TPSA) is 95.3 Å². The summed E-state index contributed by atoms with van der Waals surface area (Å²) in [4.78, 5) is 13.6. The van der Waals surface area contributed by atoms with Crippen LogP contribution in [-0.2, 0) is 6.54 Å². The SMILES string of the molecule is CCOc1cc(CN=[N+]=[N-])c(Br)cc1C(=O)O. The molecule has 0 aliphatic rings. The average molecular weight is 300 g/mol. The Morgan fingerprint density at radius 3 is 2.88 bits per heavy atom. The molecule has 0 fully saturated rings. The van der Waals surface area contributed by atoms with Crippen LogP contribution < -0.4 is 4.74 Å². The van der Waals surface area contributed by atoms with Crippen molar-refractivity contribution in [3.8, 4) is 5.75 Å². The third-order valence-corrected chi connectivity index (χ3v) is 2.72. The minimum Gasteiger partial charge on any atom is -0.493 e. The van der Waals surface area contributed by atoms with Gasteiger partial charge in [-0.3, -0.25) is 0 Å². The molecule has 1 rings (SSSR count). The largest absolute Gasteiger partial charge is 0.493 e. The van der Waals surface area contributed by atoms with Crippen molar-refractivity contribution in [3.63, 3.8) is 0 Å². The van der Waals surface area contributed by atoms with Gasteiger partial charge in [0.25, 0.3) is 0 Å². The van der Waals surface area contributed by atoms with E-state index in [0.717, 1.165) is 0 Å². The first kappa shape index (κ1) is 13.3. The fourth-order valence-corrected chi connectivity index (χ4v) is 1.74. The molecule has 7 heteroatoms. The van der Waals surface area contributed by atoms with E-state index in [1.807, 2.05) is 0 Å². The monoisotopic (exact) mass is 299 g/mol. The maximum atomic E-state index is 11.0. The van der Waals surface area contributed by atoms with Gasteiger partial charge in [-0.05, 0) is 30.2 Å². The highest BCUT2D eigenvalue weighted by atomic mass is 79.9. The van der Waals surface area contributed by atoms with Crippen molar-refractivity contribution in [2.24, 2.45) is 5.11 Å². The van der Waals surface area contributed by atoms with Crippen LogP contribution in [0.1, 0.15) is 22.8 Å². The van der Waals surface area contributed by atoms with E-state index in [1.165, 1.54) is 6.07 Å². The normalized spacial score (nSPS) is 9.53. The van der Waals surface area contributed by atoms with Gasteiger partial charge in [0.2, 0.25) is 0 Å². The van der Waals surface area contributed by atoms with Crippen LogP contribution in [0.2, 0.25) is 0 Å². The summed E-state index contributed by atoms with van der Waals surface area (Å²) in [5, 5.41) is 12.4. The number of carboxylic acid groups (broad SMARTS) is 1. The second-order valence-corrected chi connectivity index (χ2v) is 3.92. The van der Waals surface area contributed by atoms with Gasteiger partial charge in [0.05, 0.1) is 13.2 Å². The van der Waals surface area contributed by atoms with E-state index in [-0.39, 0.29) is 17.9 Å². The lowest BCUT2D eigenvalue weighted by molar-refractivity contribution is 0.0692. The van der Waals surface area contributed by atoms with Crippen molar-refractivity contribution in [1.29, 1.82) is 0 Å². The fraction of sp³-hybridized carbons (Fsp3) is 0.300. The van der Waals surface area contributed by atoms with E-state index in [2.05, 4.69) is 26.0 Å². The van der Waals surface area contributed by atoms with Gasteiger partial charge in [-0.2, -0.15) is 0 Å². The molecule has 0 radical (unpaired) electrons. The average Bonchev–Trinajstić information content (AvgIpc) is 2.29. The summed E-state index contributed by atoms with van der Waals surface area (Å²) in [6.45, 7) is 2.26. The second-order valence-electron chi connectivity index (χ2n) is 3.07. The summed E-state index contributed by atoms with van der Waals surface area (Å²) in [5.74, 6) is -0.796. The Labute approximate surface area is 106 Å². The van der Waals surface area contributed by atoms with Gasteiger partial charge in [0.15, 0.2) is 0 Å². The zero-order valence-electron chi connectivity index (χ0n) is 9.05. The Hall–Kier alpha value is -1.72. The Morgan fingerprint density at radius 2 is 2.35 bits per heavy atom. The molecule has 0 saturated carbocycles. The molecular weight excluding hydrogens is 290 g/mol. The summed E-state index contributed by atoms with van der Waals surface area (Å²) in [6, 6.07) is 3.00. The van der Waals surface area contributed by atoms with Gasteiger partial charge in [-0.25, -0.2) is 4.79 Å². The van der Waals surface area contributed by atoms with Crippen molar-refractivity contribution >= 4 is 21.9 Å². The summed E-state index contributed by atoms with van der Waals surface area (Å²) >= 11 is 3.23. The lowest BCUT2D eigenvalue weighted by atomic mass is 10.1. The predicted octanol–water partition coefficient (Wildman–Crippen LogP) is 3.36. The first-order valence-corrected chi connectivity index (χ1v) is 5.58. The maximum Gasteiger partial charge on any atom is 0.339 e. The van der Waals surface area contributed by atoms with Crippen molar-refractivity contribution in [2.75, 3.05) is 6.61 Å². The molecule has 0 aliphatic heterocycles. The molecule has 0 unspecified atom stereocenters. The molecule has 90 valence electrons. The van der Waals surface area contributed by atoms with Gasteiger partial charge in [-0.1, -0.05) is 21.0 Å². The van der Waals surface area contributed by atoms with E-state index in [0.29, 0.717) is 16.6 Å². The number of carbonyl (C=O) groups is 1. The summed E-state index contributed by atoms with van der Waals surface area (Å²) in [7, 11) is 0. The van der Waals surface area contributed by atoms with Gasteiger partial charge < -0.3 is 9.84 Å². The molecule has 0 aromatic heterocycles. The molecule has 1 aromatic rings. The van der Waals surface area contributed by atoms with Crippen LogP contribution in [0, 0.1) is 0 Å². The molecule has 0 amide bonds. The van der Waals surface area contributed by atoms with Crippen molar-refractivity contribution < 1.29 is 14.6 Å². The highest BCUT2D eigenvalue weighted by Crippen LogP contribution is 2.28. The Kier molecular flexibility index (Phi) is 4.81. The third kappa shape index (κ3) is 3.37. The van der Waals surface area contributed by atoms with Crippen LogP contribution in [0.5, 0.6) is 5.75 Å². The number of ether oxygens (including phenoxy) is 1. The highest BCUT2D eigenvalue weighted by molar-refractivity contribution is 9.10. The van der Waals surface area contributed by atoms with Crippen molar-refractivity contribution in [1.82, 2.24) is 0 Å². The molecule has 0 bridgehead atoms. The van der Waals surface area contributed by atoms with Gasteiger partial charge in [0.1, 0.15) is 11.3 Å². The molecule has 0 heterocycles. The standard InChI is InChI=1S/C10H10BrN3O3/c1-2-17-9-3-6(5-13-14-12)8(11)4-7(9)10(15)16/h3-4H,2,5H2,1H3,(H,15,16). The molecule has 0 spiro atoms. The van der Waals surface area contributed by atoms with Crippen molar-refractivity contribution in [3.05, 3.63) is 38.2 Å². The number of nitrogens with zero attached hydrogens (tertiary/aromatic N) is 3. The lowest BCUT2D eigenvalue weighted by Crippen LogP contribution is -2.04. The van der Waals surface area contributed by atoms with E-state index in [9.17, 15) is 4.79 Å². The van der Waals surface area contributed by atoms with Crippen molar-refractivity contribution in [2.45, 2.75) is 13.5 Å². The number of aromatic carboxylic acids is 1. The summed E-state index contributed by atoms with van der Waals surface area (Å²) in [5.41, 5.74) is 9.00. The molecule has 0 aliphatic carbocycles. The maximum absolute atomic E-state index is 11.0. The van der Waals surface area contributed by atoms with Crippen LogP contribution in [0.3, 0.4) is 0 Å². The first-order chi connectivity index (χ1) is 8.10. The predicted molar refractivity (Wildman–Crippen MR) is 65.1 cm³/mol. The Bertz CT molecular complexity index is 484. The molecule has 6 nitrogen and oxygen atoms in total. The molecule has 1 N–H and O–H groups in total. The summed E-state index contributed by atoms with van der Waals surface area (Å²) in [6.07, 6.45) is 0. The van der Waals surface area contributed by atoms with Crippen LogP contribution in [-0.4, -0.2) is 17.7 Å². The molecule has 0 atom stereocenters. The van der Waals surface area contributed by atoms with E-state index >= 15 is 0 Å². The van der Waals surface area contributed by atoms with E-state index < -0.39 is 5.97 Å². The smallest absolute Gasteiger partial charge is 0.339 e. The van der Waals surface area contributed by atoms with Gasteiger partial charge in [-0.15, -0.1) is 0 Å². The van der Waals surface area contributed by atoms with E-state index in [1.54, 1.807) is 13.0 Å². The number of azide groups is 1. The van der Waals surface area contributed by atoms with Crippen LogP contribution in [0.25, 0.3) is 10.4 Å². The van der Waals surface area contributed by atoms with Crippen LogP contribution in [0.15, 0.2) is 21.7 Å². The van der Waals surface area contributed by atoms with Crippen LogP contribution >= 0.6 is 15.9 Å². The first-order valence-electron chi connectivity index (χ1n) is 4.79. The highest BCUT2D eigenvalue weighted by Gasteiger charge is 2.14. The number of benzene rings is 1.